The molecule has 5 rings (SSSR count). The summed E-state index contributed by atoms with van der Waals surface area (Å²) in [5, 5.41) is 0. The molecule has 5 aromatic rings. The van der Waals surface area contributed by atoms with Crippen molar-refractivity contribution in [2.24, 2.45) is 0 Å². The second-order valence-corrected chi connectivity index (χ2v) is 9.48. The van der Waals surface area contributed by atoms with E-state index in [0.717, 1.165) is 22.2 Å². The predicted octanol–water partition coefficient (Wildman–Crippen LogP) is 6.70. The molecule has 0 fully saturated rings. The van der Waals surface area contributed by atoms with Crippen LogP contribution in [0.3, 0.4) is 0 Å². The number of aromatic nitrogens is 2. The van der Waals surface area contributed by atoms with Crippen LogP contribution in [0.1, 0.15) is 42.3 Å². The van der Waals surface area contributed by atoms with E-state index in [-0.39, 0.29) is 5.41 Å². The second kappa shape index (κ2) is 8.27. The molecule has 0 bridgehead atoms. The van der Waals surface area contributed by atoms with Crippen molar-refractivity contribution in [3.63, 3.8) is 0 Å². The first-order valence-corrected chi connectivity index (χ1v) is 11.3. The van der Waals surface area contributed by atoms with Gasteiger partial charge in [0.15, 0.2) is 11.2 Å². The van der Waals surface area contributed by atoms with Gasteiger partial charge in [0.05, 0.1) is 25.3 Å². The van der Waals surface area contributed by atoms with Crippen molar-refractivity contribution in [2.75, 3.05) is 14.2 Å². The first-order valence-electron chi connectivity index (χ1n) is 11.3. The summed E-state index contributed by atoms with van der Waals surface area (Å²) in [5.74, 6) is 0.962. The van der Waals surface area contributed by atoms with Gasteiger partial charge in [0, 0.05) is 5.56 Å². The molecule has 35 heavy (non-hydrogen) atoms. The molecule has 0 unspecified atom stereocenters. The SMILES string of the molecule is COC(=O)c1cccc2oc(-c3cc(OC)c(-c4nc5cc(C(C)(C)C)ccc5o4)cc3C)nc12. The van der Waals surface area contributed by atoms with E-state index in [9.17, 15) is 4.79 Å². The predicted molar refractivity (Wildman–Crippen MR) is 134 cm³/mol. The Labute approximate surface area is 202 Å². The molecule has 0 aliphatic rings. The molecular weight excluding hydrogens is 444 g/mol. The quantitative estimate of drug-likeness (QED) is 0.270. The van der Waals surface area contributed by atoms with Gasteiger partial charge in [-0.2, -0.15) is 0 Å². The average Bonchev–Trinajstić information content (AvgIpc) is 3.46. The number of carbonyl (C=O) groups is 1. The summed E-state index contributed by atoms with van der Waals surface area (Å²) in [5.41, 5.74) is 6.37. The fourth-order valence-corrected chi connectivity index (χ4v) is 4.10. The fraction of sp³-hybridized carbons (Fsp3) is 0.250. The minimum absolute atomic E-state index is 0.0105. The Bertz CT molecular complexity index is 1590. The van der Waals surface area contributed by atoms with Gasteiger partial charge in [-0.15, -0.1) is 0 Å². The van der Waals surface area contributed by atoms with Gasteiger partial charge in [-0.25, -0.2) is 14.8 Å². The van der Waals surface area contributed by atoms with E-state index in [1.807, 2.05) is 25.1 Å². The number of ether oxygens (including phenoxy) is 2. The van der Waals surface area contributed by atoms with Crippen LogP contribution in [0.5, 0.6) is 5.75 Å². The third kappa shape index (κ3) is 3.93. The summed E-state index contributed by atoms with van der Waals surface area (Å²) in [6, 6.07) is 15.0. The van der Waals surface area contributed by atoms with E-state index < -0.39 is 5.97 Å². The smallest absolute Gasteiger partial charge is 0.340 e. The van der Waals surface area contributed by atoms with Crippen LogP contribution in [0, 0.1) is 6.92 Å². The highest BCUT2D eigenvalue weighted by molar-refractivity contribution is 6.02. The lowest BCUT2D eigenvalue weighted by molar-refractivity contribution is 0.0602. The molecule has 0 aliphatic heterocycles. The van der Waals surface area contributed by atoms with Crippen molar-refractivity contribution in [1.29, 1.82) is 0 Å². The van der Waals surface area contributed by atoms with Crippen molar-refractivity contribution in [3.8, 4) is 28.7 Å². The minimum Gasteiger partial charge on any atom is -0.496 e. The summed E-state index contributed by atoms with van der Waals surface area (Å²) in [6.45, 7) is 8.45. The van der Waals surface area contributed by atoms with Crippen LogP contribution in [0.2, 0.25) is 0 Å². The molecule has 0 radical (unpaired) electrons. The topological polar surface area (TPSA) is 87.6 Å². The summed E-state index contributed by atoms with van der Waals surface area (Å²) < 4.78 is 22.7. The normalized spacial score (nSPS) is 11.8. The molecular formula is C28H26N2O5. The van der Waals surface area contributed by atoms with Gasteiger partial charge in [-0.1, -0.05) is 32.9 Å². The molecule has 0 atom stereocenters. The van der Waals surface area contributed by atoms with Crippen LogP contribution < -0.4 is 4.74 Å². The molecule has 7 nitrogen and oxygen atoms in total. The monoisotopic (exact) mass is 470 g/mol. The van der Waals surface area contributed by atoms with Gasteiger partial charge in [0.2, 0.25) is 11.8 Å². The molecule has 0 saturated carbocycles. The zero-order valence-electron chi connectivity index (χ0n) is 20.6. The highest BCUT2D eigenvalue weighted by Crippen LogP contribution is 2.39. The first kappa shape index (κ1) is 22.7. The van der Waals surface area contributed by atoms with E-state index in [1.165, 1.54) is 12.7 Å². The molecule has 0 aliphatic carbocycles. The summed E-state index contributed by atoms with van der Waals surface area (Å²) in [7, 11) is 2.94. The molecule has 2 aromatic heterocycles. The number of hydrogen-bond donors (Lipinski definition) is 0. The van der Waals surface area contributed by atoms with Gasteiger partial charge in [-0.05, 0) is 59.9 Å². The number of para-hydroxylation sites is 1. The lowest BCUT2D eigenvalue weighted by Gasteiger charge is -2.18. The Hall–Kier alpha value is -4.13. The Balaban J connectivity index is 1.61. The highest BCUT2D eigenvalue weighted by atomic mass is 16.5. The zero-order chi connectivity index (χ0) is 24.9. The van der Waals surface area contributed by atoms with Crippen molar-refractivity contribution < 1.29 is 23.1 Å². The van der Waals surface area contributed by atoms with Crippen molar-refractivity contribution in [2.45, 2.75) is 33.1 Å². The van der Waals surface area contributed by atoms with Crippen LogP contribution in [0.15, 0.2) is 57.4 Å². The van der Waals surface area contributed by atoms with Gasteiger partial charge in [0.25, 0.3) is 0 Å². The van der Waals surface area contributed by atoms with Crippen LogP contribution in [0.25, 0.3) is 45.1 Å². The van der Waals surface area contributed by atoms with Crippen molar-refractivity contribution in [1.82, 2.24) is 9.97 Å². The molecule has 7 heteroatoms. The van der Waals surface area contributed by atoms with Crippen LogP contribution in [-0.2, 0) is 10.2 Å². The number of methoxy groups -OCH3 is 2. The molecule has 0 saturated heterocycles. The number of rotatable bonds is 4. The highest BCUT2D eigenvalue weighted by Gasteiger charge is 2.22. The Morgan fingerprint density at radius 3 is 2.34 bits per heavy atom. The van der Waals surface area contributed by atoms with E-state index in [0.29, 0.717) is 39.8 Å². The summed E-state index contributed by atoms with van der Waals surface area (Å²) >= 11 is 0. The first-order chi connectivity index (χ1) is 16.7. The van der Waals surface area contributed by atoms with Crippen LogP contribution >= 0.6 is 0 Å². The van der Waals surface area contributed by atoms with E-state index in [1.54, 1.807) is 25.3 Å². The molecule has 0 spiro atoms. The summed E-state index contributed by atoms with van der Waals surface area (Å²) in [6.07, 6.45) is 0. The lowest BCUT2D eigenvalue weighted by Crippen LogP contribution is -2.10. The molecule has 0 amide bonds. The van der Waals surface area contributed by atoms with Crippen LogP contribution in [-0.4, -0.2) is 30.2 Å². The van der Waals surface area contributed by atoms with E-state index in [2.05, 4.69) is 37.9 Å². The Kier molecular flexibility index (Phi) is 5.35. The second-order valence-electron chi connectivity index (χ2n) is 9.48. The molecule has 178 valence electrons. The van der Waals surface area contributed by atoms with Gasteiger partial charge < -0.3 is 18.3 Å². The van der Waals surface area contributed by atoms with E-state index in [4.69, 9.17) is 23.3 Å². The number of nitrogens with zero attached hydrogens (tertiary/aromatic N) is 2. The van der Waals surface area contributed by atoms with Gasteiger partial charge in [0.1, 0.15) is 16.8 Å². The third-order valence-corrected chi connectivity index (χ3v) is 6.09. The number of benzene rings is 3. The standard InChI is InChI=1S/C28H26N2O5/c1-15-12-19(26-29-20-13-16(28(2,3)4)10-11-21(20)34-26)23(32-5)14-18(15)25-30-24-17(27(31)33-6)8-7-9-22(24)35-25/h7-14H,1-6H3. The maximum atomic E-state index is 12.2. The number of aryl methyl sites for hydroxylation is 1. The fourth-order valence-electron chi connectivity index (χ4n) is 4.10. The van der Waals surface area contributed by atoms with Crippen molar-refractivity contribution >= 4 is 28.2 Å². The van der Waals surface area contributed by atoms with Crippen molar-refractivity contribution in [3.05, 3.63) is 65.2 Å². The third-order valence-electron chi connectivity index (χ3n) is 6.09. The van der Waals surface area contributed by atoms with Gasteiger partial charge >= 0.3 is 5.97 Å². The number of carbonyl (C=O) groups excluding carboxylic acids is 1. The molecule has 2 heterocycles. The average molecular weight is 471 g/mol. The summed E-state index contributed by atoms with van der Waals surface area (Å²) in [4.78, 5) is 21.5. The van der Waals surface area contributed by atoms with Gasteiger partial charge in [-0.3, -0.25) is 0 Å². The number of hydrogen-bond acceptors (Lipinski definition) is 7. The Morgan fingerprint density at radius 1 is 0.886 bits per heavy atom. The number of esters is 1. The minimum atomic E-state index is -0.467. The lowest BCUT2D eigenvalue weighted by atomic mass is 9.87. The molecule has 0 N–H and O–H groups in total. The van der Waals surface area contributed by atoms with Crippen LogP contribution in [0.4, 0.5) is 0 Å². The molecule has 3 aromatic carbocycles. The zero-order valence-corrected chi connectivity index (χ0v) is 20.6. The van der Waals surface area contributed by atoms with E-state index >= 15 is 0 Å². The number of oxazole rings is 2. The Morgan fingerprint density at radius 2 is 1.63 bits per heavy atom. The largest absolute Gasteiger partial charge is 0.496 e. The maximum absolute atomic E-state index is 12.2. The number of fused-ring (bicyclic) bond motifs is 2. The maximum Gasteiger partial charge on any atom is 0.340 e.